The first-order chi connectivity index (χ1) is 7.77. The molecule has 0 unspecified atom stereocenters. The highest BCUT2D eigenvalue weighted by Gasteiger charge is 1.92. The summed E-state index contributed by atoms with van der Waals surface area (Å²) in [6.45, 7) is 6.49. The van der Waals surface area contributed by atoms with Crippen molar-refractivity contribution in [1.29, 1.82) is 0 Å². The standard InChI is InChI=1S/C14H29NO/c1-3-4-5-6-7-8-9-10-11-12-13-15-14(2)16/h15-16H,2-13H2,1H3. The lowest BCUT2D eigenvalue weighted by Crippen LogP contribution is -2.12. The minimum atomic E-state index is 0.0934. The second kappa shape index (κ2) is 12.4. The number of hydrogen-bond acceptors (Lipinski definition) is 2. The molecule has 0 aromatic carbocycles. The Morgan fingerprint density at radius 2 is 1.31 bits per heavy atom. The van der Waals surface area contributed by atoms with Crippen LogP contribution in [0.3, 0.4) is 0 Å². The van der Waals surface area contributed by atoms with Crippen LogP contribution in [-0.4, -0.2) is 11.7 Å². The van der Waals surface area contributed by atoms with Crippen molar-refractivity contribution in [2.45, 2.75) is 71.1 Å². The Balaban J connectivity index is 2.90. The monoisotopic (exact) mass is 227 g/mol. The highest BCUT2D eigenvalue weighted by molar-refractivity contribution is 4.73. The number of hydrogen-bond donors (Lipinski definition) is 2. The summed E-state index contributed by atoms with van der Waals surface area (Å²) in [6.07, 6.45) is 13.5. The molecule has 0 bridgehead atoms. The first-order valence-electron chi connectivity index (χ1n) is 6.89. The van der Waals surface area contributed by atoms with E-state index in [-0.39, 0.29) is 5.88 Å². The molecule has 0 radical (unpaired) electrons. The third-order valence-electron chi connectivity index (χ3n) is 2.86. The van der Waals surface area contributed by atoms with E-state index in [0.29, 0.717) is 0 Å². The van der Waals surface area contributed by atoms with E-state index in [9.17, 15) is 0 Å². The van der Waals surface area contributed by atoms with E-state index in [2.05, 4.69) is 18.8 Å². The Hall–Kier alpha value is -0.660. The Morgan fingerprint density at radius 1 is 0.875 bits per heavy atom. The number of aliphatic hydroxyl groups is 1. The van der Waals surface area contributed by atoms with Gasteiger partial charge in [-0.2, -0.15) is 0 Å². The fourth-order valence-electron chi connectivity index (χ4n) is 1.85. The Labute approximate surface area is 101 Å². The lowest BCUT2D eigenvalue weighted by atomic mass is 10.1. The molecule has 0 spiro atoms. The van der Waals surface area contributed by atoms with E-state index in [1.54, 1.807) is 0 Å². The predicted octanol–water partition coefficient (Wildman–Crippen LogP) is 4.53. The molecule has 0 aromatic heterocycles. The molecule has 0 aromatic rings. The lowest BCUT2D eigenvalue weighted by molar-refractivity contribution is 0.364. The number of unbranched alkanes of at least 4 members (excludes halogenated alkanes) is 9. The predicted molar refractivity (Wildman–Crippen MR) is 71.6 cm³/mol. The summed E-state index contributed by atoms with van der Waals surface area (Å²) < 4.78 is 0. The maximum atomic E-state index is 8.79. The van der Waals surface area contributed by atoms with Gasteiger partial charge in [0.25, 0.3) is 0 Å². The Bertz CT molecular complexity index is 157. The first-order valence-corrected chi connectivity index (χ1v) is 6.89. The van der Waals surface area contributed by atoms with E-state index in [4.69, 9.17) is 5.11 Å². The fourth-order valence-corrected chi connectivity index (χ4v) is 1.85. The van der Waals surface area contributed by atoms with Crippen LogP contribution in [0.4, 0.5) is 0 Å². The van der Waals surface area contributed by atoms with Crippen LogP contribution in [0.2, 0.25) is 0 Å². The van der Waals surface area contributed by atoms with Gasteiger partial charge in [-0.3, -0.25) is 0 Å². The second-order valence-electron chi connectivity index (χ2n) is 4.56. The third-order valence-corrected chi connectivity index (χ3v) is 2.86. The van der Waals surface area contributed by atoms with Gasteiger partial charge in [-0.05, 0) is 13.0 Å². The van der Waals surface area contributed by atoms with E-state index in [0.717, 1.165) is 13.0 Å². The summed E-state index contributed by atoms with van der Waals surface area (Å²) in [6, 6.07) is 0. The van der Waals surface area contributed by atoms with Gasteiger partial charge in [0.15, 0.2) is 5.88 Å². The van der Waals surface area contributed by atoms with Crippen LogP contribution in [0.1, 0.15) is 71.1 Å². The lowest BCUT2D eigenvalue weighted by Gasteiger charge is -2.04. The molecule has 0 saturated carbocycles. The van der Waals surface area contributed by atoms with E-state index >= 15 is 0 Å². The molecule has 2 heteroatoms. The van der Waals surface area contributed by atoms with Crippen molar-refractivity contribution < 1.29 is 5.11 Å². The van der Waals surface area contributed by atoms with Crippen molar-refractivity contribution in [3.63, 3.8) is 0 Å². The first kappa shape index (κ1) is 15.3. The number of nitrogens with one attached hydrogen (secondary N) is 1. The molecule has 0 saturated heterocycles. The van der Waals surface area contributed by atoms with Gasteiger partial charge in [0.05, 0.1) is 0 Å². The molecule has 16 heavy (non-hydrogen) atoms. The molecule has 2 nitrogen and oxygen atoms in total. The zero-order valence-corrected chi connectivity index (χ0v) is 10.9. The molecular formula is C14H29NO. The summed E-state index contributed by atoms with van der Waals surface area (Å²) in [5.74, 6) is 0.0934. The van der Waals surface area contributed by atoms with Crippen LogP contribution in [0.5, 0.6) is 0 Å². The molecule has 0 aliphatic heterocycles. The topological polar surface area (TPSA) is 32.3 Å². The average Bonchev–Trinajstić information content (AvgIpc) is 2.25. The zero-order chi connectivity index (χ0) is 12.1. The van der Waals surface area contributed by atoms with Crippen molar-refractivity contribution in [3.8, 4) is 0 Å². The molecule has 0 fully saturated rings. The van der Waals surface area contributed by atoms with Crippen LogP contribution in [0.15, 0.2) is 12.5 Å². The van der Waals surface area contributed by atoms with Crippen LogP contribution < -0.4 is 5.32 Å². The number of rotatable bonds is 12. The van der Waals surface area contributed by atoms with Crippen LogP contribution in [0, 0.1) is 0 Å². The fraction of sp³-hybridized carbons (Fsp3) is 0.857. The number of aliphatic hydroxyl groups excluding tert-OH is 1. The van der Waals surface area contributed by atoms with E-state index < -0.39 is 0 Å². The largest absolute Gasteiger partial charge is 0.495 e. The average molecular weight is 227 g/mol. The Morgan fingerprint density at radius 3 is 1.75 bits per heavy atom. The second-order valence-corrected chi connectivity index (χ2v) is 4.56. The smallest absolute Gasteiger partial charge is 0.176 e. The molecule has 0 aliphatic carbocycles. The molecule has 0 heterocycles. The highest BCUT2D eigenvalue weighted by atomic mass is 16.3. The molecule has 0 rings (SSSR count). The summed E-state index contributed by atoms with van der Waals surface area (Å²) in [5, 5.41) is 11.6. The molecule has 0 atom stereocenters. The maximum Gasteiger partial charge on any atom is 0.176 e. The molecule has 0 aliphatic rings. The van der Waals surface area contributed by atoms with Crippen LogP contribution in [0.25, 0.3) is 0 Å². The van der Waals surface area contributed by atoms with Crippen molar-refractivity contribution in [1.82, 2.24) is 5.32 Å². The molecular weight excluding hydrogens is 198 g/mol. The van der Waals surface area contributed by atoms with Gasteiger partial charge in [-0.1, -0.05) is 64.7 Å². The maximum absolute atomic E-state index is 8.79. The summed E-state index contributed by atoms with van der Waals surface area (Å²) in [4.78, 5) is 0. The van der Waals surface area contributed by atoms with Gasteiger partial charge in [0.2, 0.25) is 0 Å². The molecule has 96 valence electrons. The minimum absolute atomic E-state index is 0.0934. The SMILES string of the molecule is C=C(O)NCCCCCCCCCCCC. The zero-order valence-electron chi connectivity index (χ0n) is 10.9. The molecule has 0 amide bonds. The van der Waals surface area contributed by atoms with Crippen LogP contribution >= 0.6 is 0 Å². The van der Waals surface area contributed by atoms with E-state index in [1.807, 2.05) is 0 Å². The Kier molecular flexibility index (Phi) is 11.9. The summed E-state index contributed by atoms with van der Waals surface area (Å²) >= 11 is 0. The van der Waals surface area contributed by atoms with Gasteiger partial charge in [0, 0.05) is 6.54 Å². The van der Waals surface area contributed by atoms with Gasteiger partial charge < -0.3 is 10.4 Å². The van der Waals surface area contributed by atoms with Crippen molar-refractivity contribution in [2.24, 2.45) is 0 Å². The van der Waals surface area contributed by atoms with Gasteiger partial charge in [-0.25, -0.2) is 0 Å². The van der Waals surface area contributed by atoms with Gasteiger partial charge >= 0.3 is 0 Å². The van der Waals surface area contributed by atoms with Crippen LogP contribution in [-0.2, 0) is 0 Å². The van der Waals surface area contributed by atoms with E-state index in [1.165, 1.54) is 57.8 Å². The van der Waals surface area contributed by atoms with Gasteiger partial charge in [-0.15, -0.1) is 0 Å². The quantitative estimate of drug-likeness (QED) is 0.379. The van der Waals surface area contributed by atoms with Crippen molar-refractivity contribution in [2.75, 3.05) is 6.54 Å². The third kappa shape index (κ3) is 13.3. The van der Waals surface area contributed by atoms with Crippen molar-refractivity contribution in [3.05, 3.63) is 12.5 Å². The molecule has 2 N–H and O–H groups in total. The summed E-state index contributed by atoms with van der Waals surface area (Å²) in [7, 11) is 0. The normalized spacial score (nSPS) is 10.3. The minimum Gasteiger partial charge on any atom is -0.495 e. The van der Waals surface area contributed by atoms with Gasteiger partial charge in [0.1, 0.15) is 0 Å². The van der Waals surface area contributed by atoms with Crippen molar-refractivity contribution >= 4 is 0 Å². The summed E-state index contributed by atoms with van der Waals surface area (Å²) in [5.41, 5.74) is 0. The highest BCUT2D eigenvalue weighted by Crippen LogP contribution is 2.10.